The fraction of sp³-hybridized carbons (Fsp3) is 0.933. The van der Waals surface area contributed by atoms with Gasteiger partial charge in [0.25, 0.3) is 0 Å². The third-order valence-electron chi connectivity index (χ3n) is 12.9. The van der Waals surface area contributed by atoms with Gasteiger partial charge in [-0.2, -0.15) is 0 Å². The summed E-state index contributed by atoms with van der Waals surface area (Å²) in [6, 6.07) is 0. The topological polar surface area (TPSA) is 29.5 Å². The molecule has 2 nitrogen and oxygen atoms in total. The van der Waals surface area contributed by atoms with Crippen LogP contribution in [0.15, 0.2) is 12.7 Å². The van der Waals surface area contributed by atoms with E-state index in [4.69, 9.17) is 4.74 Å². The molecule has 4 unspecified atom stereocenters. The fourth-order valence-electron chi connectivity index (χ4n) is 10.8. The molecule has 5 aliphatic carbocycles. The highest BCUT2D eigenvalue weighted by Gasteiger charge is 2.77. The molecule has 0 aromatic rings. The summed E-state index contributed by atoms with van der Waals surface area (Å²) in [5, 5.41) is 11.0. The second-order valence-corrected chi connectivity index (χ2v) is 13.8. The van der Waals surface area contributed by atoms with Gasteiger partial charge < -0.3 is 9.84 Å². The lowest BCUT2D eigenvalue weighted by molar-refractivity contribution is -0.161. The molecule has 0 saturated heterocycles. The Labute approximate surface area is 198 Å². The molecule has 2 heteroatoms. The lowest BCUT2D eigenvalue weighted by atomic mass is 9.45. The van der Waals surface area contributed by atoms with Gasteiger partial charge in [0.1, 0.15) is 0 Å². The predicted octanol–water partition coefficient (Wildman–Crippen LogP) is 7.26. The van der Waals surface area contributed by atoms with Crippen LogP contribution in [-0.2, 0) is 4.74 Å². The van der Waals surface area contributed by atoms with Gasteiger partial charge in [-0.25, -0.2) is 0 Å². The van der Waals surface area contributed by atoms with Crippen molar-refractivity contribution in [2.24, 2.45) is 57.7 Å². The number of ether oxygens (including phenoxy) is 1. The minimum absolute atomic E-state index is 0.230. The van der Waals surface area contributed by atoms with Crippen molar-refractivity contribution < 1.29 is 9.84 Å². The molecule has 0 amide bonds. The predicted molar refractivity (Wildman–Crippen MR) is 132 cm³/mol. The van der Waals surface area contributed by atoms with Gasteiger partial charge >= 0.3 is 0 Å². The quantitative estimate of drug-likeness (QED) is 0.420. The molecule has 11 atom stereocenters. The molecule has 5 fully saturated rings. The summed E-state index contributed by atoms with van der Waals surface area (Å²) in [7, 11) is 2.00. The van der Waals surface area contributed by atoms with E-state index in [1.54, 1.807) is 6.08 Å². The Hall–Kier alpha value is -0.340. The summed E-state index contributed by atoms with van der Waals surface area (Å²) in [6.07, 6.45) is 15.7. The smallest absolute Gasteiger partial charge is 0.0847 e. The molecule has 5 saturated carbocycles. The van der Waals surface area contributed by atoms with Crippen LogP contribution in [0.1, 0.15) is 98.8 Å². The van der Waals surface area contributed by atoms with E-state index in [-0.39, 0.29) is 5.92 Å². The summed E-state index contributed by atoms with van der Waals surface area (Å²) in [5.74, 6) is 5.35. The molecule has 1 N–H and O–H groups in total. The van der Waals surface area contributed by atoms with Gasteiger partial charge in [-0.05, 0) is 116 Å². The van der Waals surface area contributed by atoms with E-state index in [2.05, 4.69) is 41.2 Å². The molecule has 0 aromatic heterocycles. The lowest BCUT2D eigenvalue weighted by Gasteiger charge is -2.61. The van der Waals surface area contributed by atoms with Gasteiger partial charge in [-0.3, -0.25) is 0 Å². The monoisotopic (exact) mass is 442 g/mol. The molecule has 182 valence electrons. The molecular formula is C30H50O2. The Kier molecular flexibility index (Phi) is 5.54. The fourth-order valence-corrected chi connectivity index (χ4v) is 10.8. The minimum atomic E-state index is -0.716. The zero-order valence-corrected chi connectivity index (χ0v) is 21.8. The van der Waals surface area contributed by atoms with Crippen LogP contribution in [0.25, 0.3) is 0 Å². The van der Waals surface area contributed by atoms with Crippen molar-refractivity contribution in [2.45, 2.75) is 111 Å². The van der Waals surface area contributed by atoms with Crippen LogP contribution < -0.4 is 0 Å². The van der Waals surface area contributed by atoms with Gasteiger partial charge in [0, 0.05) is 12.5 Å². The summed E-state index contributed by atoms with van der Waals surface area (Å²) >= 11 is 0. The Bertz CT molecular complexity index is 745. The van der Waals surface area contributed by atoms with Crippen LogP contribution >= 0.6 is 0 Å². The van der Waals surface area contributed by atoms with E-state index in [1.165, 1.54) is 51.4 Å². The van der Waals surface area contributed by atoms with E-state index >= 15 is 0 Å². The summed E-state index contributed by atoms with van der Waals surface area (Å²) in [4.78, 5) is 0. The van der Waals surface area contributed by atoms with E-state index in [0.29, 0.717) is 28.3 Å². The first-order chi connectivity index (χ1) is 15.1. The standard InChI is InChI=1S/C30H50O2/c1-8-29(31,19(2)3)16-11-20(4)23-9-10-24-22-17-26(32-7)30-18-21(30)12-15-28(30,6)25(22)13-14-27(23,24)5/h8,19-26,31H,1,9-18H2,2-7H3/t20-,21-,22?,23-,24?,25?,26-,27-,28-,29+,30?/m1/s1. The van der Waals surface area contributed by atoms with Gasteiger partial charge in [0.15, 0.2) is 0 Å². The van der Waals surface area contributed by atoms with E-state index in [0.717, 1.165) is 42.4 Å². The third kappa shape index (κ3) is 2.90. The maximum Gasteiger partial charge on any atom is 0.0847 e. The zero-order chi connectivity index (χ0) is 23.1. The zero-order valence-electron chi connectivity index (χ0n) is 21.8. The number of hydrogen-bond acceptors (Lipinski definition) is 2. The van der Waals surface area contributed by atoms with E-state index in [9.17, 15) is 5.11 Å². The van der Waals surface area contributed by atoms with Crippen molar-refractivity contribution in [2.75, 3.05) is 7.11 Å². The van der Waals surface area contributed by atoms with Crippen molar-refractivity contribution in [1.29, 1.82) is 0 Å². The molecule has 0 bridgehead atoms. The number of hydrogen-bond donors (Lipinski definition) is 1. The summed E-state index contributed by atoms with van der Waals surface area (Å²) < 4.78 is 6.29. The first-order valence-corrected chi connectivity index (χ1v) is 14.0. The number of methoxy groups -OCH3 is 1. The maximum atomic E-state index is 11.0. The SMILES string of the molecule is C=C[C@](O)(CC[C@@H](C)[C@H]1CCC2C3C[C@@H](OC)C45C[C@H]4CC[C@]5(C)C3CC[C@@]21C)C(C)C. The second kappa shape index (κ2) is 7.58. The van der Waals surface area contributed by atoms with Crippen LogP contribution in [-0.4, -0.2) is 23.9 Å². The van der Waals surface area contributed by atoms with Crippen LogP contribution in [0.2, 0.25) is 0 Å². The Morgan fingerprint density at radius 2 is 1.84 bits per heavy atom. The van der Waals surface area contributed by atoms with Gasteiger partial charge in [0.2, 0.25) is 0 Å². The highest BCUT2D eigenvalue weighted by atomic mass is 16.5. The lowest BCUT2D eigenvalue weighted by Crippen LogP contribution is -2.57. The van der Waals surface area contributed by atoms with Crippen LogP contribution in [0.4, 0.5) is 0 Å². The summed E-state index contributed by atoms with van der Waals surface area (Å²) in [6.45, 7) is 16.0. The van der Waals surface area contributed by atoms with Crippen LogP contribution in [0.5, 0.6) is 0 Å². The first kappa shape index (κ1) is 23.4. The van der Waals surface area contributed by atoms with Crippen molar-refractivity contribution >= 4 is 0 Å². The molecule has 0 aliphatic heterocycles. The number of aliphatic hydroxyl groups is 1. The van der Waals surface area contributed by atoms with Crippen molar-refractivity contribution in [3.63, 3.8) is 0 Å². The molecule has 5 rings (SSSR count). The van der Waals surface area contributed by atoms with Gasteiger partial charge in [-0.15, -0.1) is 6.58 Å². The highest BCUT2D eigenvalue weighted by Crippen LogP contribution is 2.82. The number of rotatable bonds is 7. The molecule has 1 spiro atoms. The average Bonchev–Trinajstić information content (AvgIpc) is 3.27. The van der Waals surface area contributed by atoms with E-state index < -0.39 is 5.60 Å². The Morgan fingerprint density at radius 1 is 1.09 bits per heavy atom. The normalized spacial score (nSPS) is 51.9. The molecule has 0 heterocycles. The maximum absolute atomic E-state index is 11.0. The van der Waals surface area contributed by atoms with Gasteiger partial charge in [0.05, 0.1) is 11.7 Å². The molecule has 32 heavy (non-hydrogen) atoms. The molecule has 0 radical (unpaired) electrons. The Morgan fingerprint density at radius 3 is 2.47 bits per heavy atom. The van der Waals surface area contributed by atoms with Crippen molar-refractivity contribution in [1.82, 2.24) is 0 Å². The molecule has 5 aliphatic rings. The largest absolute Gasteiger partial charge is 0.386 e. The third-order valence-corrected chi connectivity index (χ3v) is 12.9. The molecule has 0 aromatic carbocycles. The van der Waals surface area contributed by atoms with E-state index in [1.807, 2.05) is 7.11 Å². The van der Waals surface area contributed by atoms with Crippen LogP contribution in [0.3, 0.4) is 0 Å². The van der Waals surface area contributed by atoms with Crippen LogP contribution in [0, 0.1) is 57.7 Å². The second-order valence-electron chi connectivity index (χ2n) is 13.8. The minimum Gasteiger partial charge on any atom is -0.386 e. The van der Waals surface area contributed by atoms with Crippen molar-refractivity contribution in [3.05, 3.63) is 12.7 Å². The first-order valence-electron chi connectivity index (χ1n) is 14.0. The highest BCUT2D eigenvalue weighted by molar-refractivity contribution is 5.26. The summed E-state index contributed by atoms with van der Waals surface area (Å²) in [5.41, 5.74) is 0.829. The Balaban J connectivity index is 1.34. The van der Waals surface area contributed by atoms with Gasteiger partial charge in [-0.1, -0.05) is 40.7 Å². The average molecular weight is 443 g/mol. The number of fused-ring (bicyclic) bond motifs is 4. The molecular weight excluding hydrogens is 392 g/mol. The van der Waals surface area contributed by atoms with Crippen molar-refractivity contribution in [3.8, 4) is 0 Å².